The molecule has 2 heterocycles. The van der Waals surface area contributed by atoms with Crippen molar-refractivity contribution in [2.75, 3.05) is 13.1 Å². The van der Waals surface area contributed by atoms with E-state index in [1.807, 2.05) is 24.3 Å². The van der Waals surface area contributed by atoms with Crippen LogP contribution in [0.15, 0.2) is 24.3 Å². The summed E-state index contributed by atoms with van der Waals surface area (Å²) in [4.78, 5) is 2.41. The molecule has 2 atom stereocenters. The summed E-state index contributed by atoms with van der Waals surface area (Å²) < 4.78 is 6.15. The first-order valence-corrected chi connectivity index (χ1v) is 7.30. The molecule has 3 nitrogen and oxygen atoms in total. The minimum Gasteiger partial charge on any atom is -0.486 e. The van der Waals surface area contributed by atoms with Crippen LogP contribution < -0.4 is 4.74 Å². The van der Waals surface area contributed by atoms with Gasteiger partial charge in [-0.15, -0.1) is 0 Å². The second-order valence-corrected chi connectivity index (χ2v) is 6.23. The van der Waals surface area contributed by atoms with Gasteiger partial charge in [0.2, 0.25) is 0 Å². The van der Waals surface area contributed by atoms with Gasteiger partial charge in [-0.1, -0.05) is 24.6 Å². The van der Waals surface area contributed by atoms with Crippen LogP contribution in [0.4, 0.5) is 0 Å². The first kappa shape index (κ1) is 12.9. The molecule has 2 unspecified atom stereocenters. The van der Waals surface area contributed by atoms with E-state index < -0.39 is 6.10 Å². The predicted molar refractivity (Wildman–Crippen MR) is 75.3 cm³/mol. The van der Waals surface area contributed by atoms with Gasteiger partial charge in [-0.05, 0) is 45.8 Å². The Morgan fingerprint density at radius 2 is 1.84 bits per heavy atom. The van der Waals surface area contributed by atoms with Crippen molar-refractivity contribution in [2.24, 2.45) is 0 Å². The molecule has 3 rings (SSSR count). The summed E-state index contributed by atoms with van der Waals surface area (Å²) in [7, 11) is 0. The van der Waals surface area contributed by atoms with Gasteiger partial charge in [0.15, 0.2) is 0 Å². The van der Waals surface area contributed by atoms with Crippen LogP contribution in [0.3, 0.4) is 0 Å². The number of nitrogens with zero attached hydrogens (tertiary/aromatic N) is 1. The molecule has 1 fully saturated rings. The fraction of sp³-hybridized carbons (Fsp3) is 0.625. The summed E-state index contributed by atoms with van der Waals surface area (Å²) in [6.45, 7) is 6.31. The maximum absolute atomic E-state index is 10.8. The van der Waals surface area contributed by atoms with E-state index in [1.165, 1.54) is 19.3 Å². The second-order valence-electron chi connectivity index (χ2n) is 6.23. The van der Waals surface area contributed by atoms with Gasteiger partial charge in [-0.25, -0.2) is 0 Å². The summed E-state index contributed by atoms with van der Waals surface area (Å²) in [5, 5.41) is 10.8. The third-order valence-electron chi connectivity index (χ3n) is 4.41. The highest BCUT2D eigenvalue weighted by molar-refractivity contribution is 5.39. The van der Waals surface area contributed by atoms with Gasteiger partial charge < -0.3 is 9.84 Å². The first-order chi connectivity index (χ1) is 9.09. The molecule has 0 radical (unpaired) electrons. The summed E-state index contributed by atoms with van der Waals surface area (Å²) >= 11 is 0. The molecule has 1 aromatic carbocycles. The van der Waals surface area contributed by atoms with Crippen LogP contribution in [-0.4, -0.2) is 34.7 Å². The van der Waals surface area contributed by atoms with Crippen molar-refractivity contribution in [1.82, 2.24) is 4.90 Å². The maximum Gasteiger partial charge on any atom is 0.126 e. The van der Waals surface area contributed by atoms with E-state index in [0.29, 0.717) is 0 Å². The summed E-state index contributed by atoms with van der Waals surface area (Å²) in [5.74, 6) is 0.827. The molecule has 2 aliphatic heterocycles. The number of ether oxygens (including phenoxy) is 1. The normalized spacial score (nSPS) is 30.5. The van der Waals surface area contributed by atoms with Crippen molar-refractivity contribution in [3.63, 3.8) is 0 Å². The lowest BCUT2D eigenvalue weighted by molar-refractivity contribution is -0.0873. The molecule has 1 aromatic rings. The van der Waals surface area contributed by atoms with Crippen LogP contribution in [-0.2, 0) is 0 Å². The SMILES string of the molecule is CC1(C)Oc2ccccc2C(O)C1N1CCCCC1. The summed E-state index contributed by atoms with van der Waals surface area (Å²) in [5.41, 5.74) is 0.572. The molecule has 0 aromatic heterocycles. The smallest absolute Gasteiger partial charge is 0.126 e. The van der Waals surface area contributed by atoms with Crippen LogP contribution in [0.5, 0.6) is 5.75 Å². The lowest BCUT2D eigenvalue weighted by Gasteiger charge is -2.49. The number of hydrogen-bond acceptors (Lipinski definition) is 3. The molecule has 2 aliphatic rings. The van der Waals surface area contributed by atoms with Crippen molar-refractivity contribution in [3.05, 3.63) is 29.8 Å². The Bertz CT molecular complexity index is 452. The predicted octanol–water partition coefficient (Wildman–Crippen LogP) is 2.75. The van der Waals surface area contributed by atoms with Gasteiger partial charge >= 0.3 is 0 Å². The largest absolute Gasteiger partial charge is 0.486 e. The Morgan fingerprint density at radius 1 is 1.16 bits per heavy atom. The number of aliphatic hydroxyl groups excluding tert-OH is 1. The van der Waals surface area contributed by atoms with E-state index in [4.69, 9.17) is 4.74 Å². The molecular formula is C16H23NO2. The minimum absolute atomic E-state index is 0.0442. The van der Waals surface area contributed by atoms with Crippen molar-refractivity contribution in [3.8, 4) is 5.75 Å². The number of piperidine rings is 1. The third kappa shape index (κ3) is 2.26. The number of rotatable bonds is 1. The van der Waals surface area contributed by atoms with Crippen LogP contribution in [0.2, 0.25) is 0 Å². The number of hydrogen-bond donors (Lipinski definition) is 1. The lowest BCUT2D eigenvalue weighted by Crippen LogP contribution is -2.58. The molecule has 0 aliphatic carbocycles. The number of benzene rings is 1. The molecule has 104 valence electrons. The van der Waals surface area contributed by atoms with E-state index in [0.717, 1.165) is 24.4 Å². The number of likely N-dealkylation sites (tertiary alicyclic amines) is 1. The molecule has 0 saturated carbocycles. The molecule has 0 bridgehead atoms. The van der Waals surface area contributed by atoms with Crippen molar-refractivity contribution >= 4 is 0 Å². The molecular weight excluding hydrogens is 238 g/mol. The molecule has 19 heavy (non-hydrogen) atoms. The summed E-state index contributed by atoms with van der Waals surface area (Å²) in [6.07, 6.45) is 3.29. The van der Waals surface area contributed by atoms with Gasteiger partial charge in [0.25, 0.3) is 0 Å². The van der Waals surface area contributed by atoms with Gasteiger partial charge in [-0.3, -0.25) is 4.90 Å². The highest BCUT2D eigenvalue weighted by Crippen LogP contribution is 2.42. The van der Waals surface area contributed by atoms with Gasteiger partial charge in [0, 0.05) is 5.56 Å². The second kappa shape index (κ2) is 4.80. The van der Waals surface area contributed by atoms with Gasteiger partial charge in [0.05, 0.1) is 6.04 Å². The summed E-state index contributed by atoms with van der Waals surface area (Å²) in [6, 6.07) is 7.90. The van der Waals surface area contributed by atoms with Crippen LogP contribution in [0.25, 0.3) is 0 Å². The number of para-hydroxylation sites is 1. The topological polar surface area (TPSA) is 32.7 Å². The minimum atomic E-state index is -0.460. The molecule has 1 saturated heterocycles. The fourth-order valence-electron chi connectivity index (χ4n) is 3.55. The van der Waals surface area contributed by atoms with Crippen molar-refractivity contribution in [2.45, 2.75) is 50.9 Å². The van der Waals surface area contributed by atoms with E-state index in [2.05, 4.69) is 18.7 Å². The zero-order valence-electron chi connectivity index (χ0n) is 11.8. The maximum atomic E-state index is 10.8. The van der Waals surface area contributed by atoms with Gasteiger partial charge in [-0.2, -0.15) is 0 Å². The van der Waals surface area contributed by atoms with E-state index in [9.17, 15) is 5.11 Å². The van der Waals surface area contributed by atoms with Crippen LogP contribution in [0, 0.1) is 0 Å². The quantitative estimate of drug-likeness (QED) is 0.843. The zero-order valence-corrected chi connectivity index (χ0v) is 11.8. The van der Waals surface area contributed by atoms with Crippen LogP contribution in [0.1, 0.15) is 44.8 Å². The van der Waals surface area contributed by atoms with Crippen molar-refractivity contribution in [1.29, 1.82) is 0 Å². The Kier molecular flexibility index (Phi) is 3.27. The highest BCUT2D eigenvalue weighted by atomic mass is 16.5. The third-order valence-corrected chi connectivity index (χ3v) is 4.41. The van der Waals surface area contributed by atoms with Crippen molar-refractivity contribution < 1.29 is 9.84 Å². The number of aliphatic hydroxyl groups is 1. The Balaban J connectivity index is 1.95. The highest BCUT2D eigenvalue weighted by Gasteiger charge is 2.46. The van der Waals surface area contributed by atoms with E-state index in [1.54, 1.807) is 0 Å². The lowest BCUT2D eigenvalue weighted by atomic mass is 9.84. The average molecular weight is 261 g/mol. The molecule has 0 amide bonds. The first-order valence-electron chi connectivity index (χ1n) is 7.30. The van der Waals surface area contributed by atoms with E-state index >= 15 is 0 Å². The monoisotopic (exact) mass is 261 g/mol. The van der Waals surface area contributed by atoms with E-state index in [-0.39, 0.29) is 11.6 Å². The number of fused-ring (bicyclic) bond motifs is 1. The Labute approximate surface area is 115 Å². The molecule has 0 spiro atoms. The van der Waals surface area contributed by atoms with Gasteiger partial charge in [0.1, 0.15) is 17.5 Å². The molecule has 3 heteroatoms. The molecule has 1 N–H and O–H groups in total. The average Bonchev–Trinajstić information content (AvgIpc) is 2.39. The van der Waals surface area contributed by atoms with Crippen LogP contribution >= 0.6 is 0 Å². The zero-order chi connectivity index (χ0) is 13.5. The Hall–Kier alpha value is -1.06. The Morgan fingerprint density at radius 3 is 2.58 bits per heavy atom. The fourth-order valence-corrected chi connectivity index (χ4v) is 3.55. The standard InChI is InChI=1S/C16H23NO2/c1-16(2)15(17-10-6-3-7-11-17)14(18)12-8-4-5-9-13(12)19-16/h4-5,8-9,14-15,18H,3,6-7,10-11H2,1-2H3.